The number of aromatic nitrogens is 2. The standard InChI is InChI=1S/C29H29N3O4S/c1-18(2)30-28(33)24-15-22-14-13-21-16-25(37(35,36)23-7-5-4-6-8-23)29(34)31-26(21)27(22)32(24)17-20-11-9-19(3)10-12-20/h4-12,15-16,18H,13-14,17H2,1-3H3,(H,30,33)(H,31,34). The Morgan fingerprint density at radius 2 is 1.68 bits per heavy atom. The van der Waals surface area contributed by atoms with Crippen molar-refractivity contribution in [3.63, 3.8) is 0 Å². The molecule has 4 aromatic rings. The second kappa shape index (κ2) is 9.52. The van der Waals surface area contributed by atoms with Crippen molar-refractivity contribution in [3.05, 3.63) is 105 Å². The largest absolute Gasteiger partial charge is 0.349 e. The summed E-state index contributed by atoms with van der Waals surface area (Å²) >= 11 is 0. The molecule has 1 aliphatic rings. The van der Waals surface area contributed by atoms with E-state index in [0.29, 0.717) is 30.8 Å². The van der Waals surface area contributed by atoms with E-state index in [9.17, 15) is 18.0 Å². The molecule has 8 heteroatoms. The molecule has 0 atom stereocenters. The van der Waals surface area contributed by atoms with Gasteiger partial charge in [-0.2, -0.15) is 0 Å². The molecule has 2 aromatic heterocycles. The first-order chi connectivity index (χ1) is 17.6. The number of nitrogens with zero attached hydrogens (tertiary/aromatic N) is 1. The van der Waals surface area contributed by atoms with Gasteiger partial charge >= 0.3 is 0 Å². The lowest BCUT2D eigenvalue weighted by Gasteiger charge is -2.21. The Hall–Kier alpha value is -3.91. The average molecular weight is 516 g/mol. The maximum absolute atomic E-state index is 13.2. The van der Waals surface area contributed by atoms with Gasteiger partial charge in [-0.3, -0.25) is 9.59 Å². The first-order valence-electron chi connectivity index (χ1n) is 12.3. The molecular weight excluding hydrogens is 486 g/mol. The molecule has 0 fully saturated rings. The van der Waals surface area contributed by atoms with Gasteiger partial charge in [-0.05, 0) is 74.6 Å². The number of pyridine rings is 1. The first kappa shape index (κ1) is 24.8. The van der Waals surface area contributed by atoms with E-state index in [1.165, 1.54) is 18.2 Å². The summed E-state index contributed by atoms with van der Waals surface area (Å²) in [6, 6.07) is 19.4. The molecular formula is C29H29N3O4S. The third-order valence-electron chi connectivity index (χ3n) is 6.62. The van der Waals surface area contributed by atoms with Crippen LogP contribution in [0.5, 0.6) is 0 Å². The van der Waals surface area contributed by atoms with Crippen LogP contribution in [0.2, 0.25) is 0 Å². The SMILES string of the molecule is Cc1ccc(Cn2c(C(=O)NC(C)C)cc3c2-c2[nH]c(=O)c(S(=O)(=O)c4ccccc4)cc2CC3)cc1. The van der Waals surface area contributed by atoms with Crippen LogP contribution in [0.4, 0.5) is 0 Å². The average Bonchev–Trinajstić information content (AvgIpc) is 3.24. The molecule has 0 unspecified atom stereocenters. The Morgan fingerprint density at radius 3 is 2.35 bits per heavy atom. The van der Waals surface area contributed by atoms with Gasteiger partial charge in [0.05, 0.1) is 16.3 Å². The van der Waals surface area contributed by atoms with E-state index >= 15 is 0 Å². The maximum Gasteiger partial charge on any atom is 0.268 e. The van der Waals surface area contributed by atoms with Gasteiger partial charge in [0.1, 0.15) is 10.6 Å². The van der Waals surface area contributed by atoms with E-state index in [-0.39, 0.29) is 21.7 Å². The number of nitrogens with one attached hydrogen (secondary N) is 2. The van der Waals surface area contributed by atoms with Crippen LogP contribution in [-0.2, 0) is 29.2 Å². The van der Waals surface area contributed by atoms with E-state index in [1.54, 1.807) is 18.2 Å². The number of carbonyl (C=O) groups excluding carboxylic acids is 1. The fraction of sp³-hybridized carbons (Fsp3) is 0.241. The highest BCUT2D eigenvalue weighted by atomic mass is 32.2. The molecule has 0 radical (unpaired) electrons. The molecule has 0 aliphatic heterocycles. The van der Waals surface area contributed by atoms with E-state index in [2.05, 4.69) is 10.3 Å². The van der Waals surface area contributed by atoms with Crippen molar-refractivity contribution in [1.82, 2.24) is 14.9 Å². The number of aromatic amines is 1. The van der Waals surface area contributed by atoms with Crippen molar-refractivity contribution in [2.45, 2.75) is 56.0 Å². The molecule has 0 saturated carbocycles. The minimum atomic E-state index is -3.98. The molecule has 0 saturated heterocycles. The summed E-state index contributed by atoms with van der Waals surface area (Å²) in [5.41, 5.74) is 4.98. The maximum atomic E-state index is 13.2. The summed E-state index contributed by atoms with van der Waals surface area (Å²) in [5, 5.41) is 2.97. The highest BCUT2D eigenvalue weighted by Gasteiger charge is 2.30. The highest BCUT2D eigenvalue weighted by molar-refractivity contribution is 7.91. The zero-order valence-electron chi connectivity index (χ0n) is 21.0. The van der Waals surface area contributed by atoms with Gasteiger partial charge in [0.2, 0.25) is 9.84 Å². The normalized spacial score (nSPS) is 12.8. The number of aryl methyl sites for hydroxylation is 3. The van der Waals surface area contributed by atoms with Crippen molar-refractivity contribution in [2.24, 2.45) is 0 Å². The molecule has 2 heterocycles. The predicted molar refractivity (Wildman–Crippen MR) is 143 cm³/mol. The topological polar surface area (TPSA) is 101 Å². The highest BCUT2D eigenvalue weighted by Crippen LogP contribution is 2.36. The van der Waals surface area contributed by atoms with Gasteiger partial charge in [0.15, 0.2) is 0 Å². The van der Waals surface area contributed by atoms with Gasteiger partial charge in [0.25, 0.3) is 11.5 Å². The zero-order valence-corrected chi connectivity index (χ0v) is 21.9. The van der Waals surface area contributed by atoms with Gasteiger partial charge in [-0.25, -0.2) is 8.42 Å². The van der Waals surface area contributed by atoms with Crippen molar-refractivity contribution < 1.29 is 13.2 Å². The second-order valence-corrected chi connectivity index (χ2v) is 11.7. The number of hydrogen-bond acceptors (Lipinski definition) is 4. The number of carbonyl (C=O) groups is 1. The predicted octanol–water partition coefficient (Wildman–Crippen LogP) is 4.27. The minimum Gasteiger partial charge on any atom is -0.349 e. The Labute approximate surface area is 216 Å². The zero-order chi connectivity index (χ0) is 26.3. The van der Waals surface area contributed by atoms with Gasteiger partial charge in [0, 0.05) is 12.6 Å². The summed E-state index contributed by atoms with van der Waals surface area (Å²) in [4.78, 5) is 29.0. The fourth-order valence-electron chi connectivity index (χ4n) is 4.81. The fourth-order valence-corrected chi connectivity index (χ4v) is 6.17. The van der Waals surface area contributed by atoms with Crippen LogP contribution >= 0.6 is 0 Å². The van der Waals surface area contributed by atoms with E-state index < -0.39 is 15.4 Å². The van der Waals surface area contributed by atoms with E-state index in [4.69, 9.17) is 0 Å². The lowest BCUT2D eigenvalue weighted by atomic mass is 9.94. The molecule has 2 N–H and O–H groups in total. The lowest BCUT2D eigenvalue weighted by molar-refractivity contribution is 0.0934. The molecule has 37 heavy (non-hydrogen) atoms. The van der Waals surface area contributed by atoms with E-state index in [1.807, 2.05) is 55.7 Å². The molecule has 190 valence electrons. The van der Waals surface area contributed by atoms with Crippen LogP contribution < -0.4 is 10.9 Å². The molecule has 7 nitrogen and oxygen atoms in total. The first-order valence-corrected chi connectivity index (χ1v) is 13.8. The molecule has 5 rings (SSSR count). The second-order valence-electron chi connectivity index (χ2n) is 9.78. The van der Waals surface area contributed by atoms with Crippen molar-refractivity contribution in [3.8, 4) is 11.4 Å². The Balaban J connectivity index is 1.67. The Morgan fingerprint density at radius 1 is 1.00 bits per heavy atom. The molecule has 1 amide bonds. The van der Waals surface area contributed by atoms with Crippen LogP contribution in [0.3, 0.4) is 0 Å². The van der Waals surface area contributed by atoms with Gasteiger partial charge in [-0.15, -0.1) is 0 Å². The van der Waals surface area contributed by atoms with Crippen LogP contribution in [0.15, 0.2) is 81.3 Å². The molecule has 1 aliphatic carbocycles. The van der Waals surface area contributed by atoms with Crippen LogP contribution in [-0.4, -0.2) is 29.9 Å². The summed E-state index contributed by atoms with van der Waals surface area (Å²) in [6.45, 7) is 6.27. The van der Waals surface area contributed by atoms with Crippen molar-refractivity contribution in [1.29, 1.82) is 0 Å². The quantitative estimate of drug-likeness (QED) is 0.400. The monoisotopic (exact) mass is 515 g/mol. The molecule has 2 aromatic carbocycles. The van der Waals surface area contributed by atoms with Crippen LogP contribution in [0, 0.1) is 6.92 Å². The van der Waals surface area contributed by atoms with Crippen molar-refractivity contribution >= 4 is 15.7 Å². The third-order valence-corrected chi connectivity index (χ3v) is 8.40. The molecule has 0 spiro atoms. The Bertz CT molecular complexity index is 1650. The van der Waals surface area contributed by atoms with Gasteiger partial charge in [-0.1, -0.05) is 48.0 Å². The third kappa shape index (κ3) is 4.64. The lowest BCUT2D eigenvalue weighted by Crippen LogP contribution is -2.32. The number of sulfone groups is 1. The van der Waals surface area contributed by atoms with E-state index in [0.717, 1.165) is 27.9 Å². The summed E-state index contributed by atoms with van der Waals surface area (Å²) in [6.07, 6.45) is 1.18. The summed E-state index contributed by atoms with van der Waals surface area (Å²) in [7, 11) is -3.98. The van der Waals surface area contributed by atoms with Crippen LogP contribution in [0.1, 0.15) is 46.6 Å². The number of rotatable bonds is 6. The summed E-state index contributed by atoms with van der Waals surface area (Å²) < 4.78 is 28.4. The Kier molecular flexibility index (Phi) is 6.37. The number of fused-ring (bicyclic) bond motifs is 3. The van der Waals surface area contributed by atoms with Gasteiger partial charge < -0.3 is 14.9 Å². The van der Waals surface area contributed by atoms with Crippen LogP contribution in [0.25, 0.3) is 11.4 Å². The summed E-state index contributed by atoms with van der Waals surface area (Å²) in [5.74, 6) is -0.191. The van der Waals surface area contributed by atoms with Crippen molar-refractivity contribution in [2.75, 3.05) is 0 Å². The number of benzene rings is 2. The number of amides is 1. The smallest absolute Gasteiger partial charge is 0.268 e. The minimum absolute atomic E-state index is 0.0369. The number of hydrogen-bond donors (Lipinski definition) is 2. The molecule has 0 bridgehead atoms. The number of H-pyrrole nitrogens is 1.